The molecule has 1 rings (SSSR count). The molecule has 0 fully saturated rings. The van der Waals surface area contributed by atoms with Crippen LogP contribution in [0.15, 0.2) is 18.2 Å². The first-order valence-electron chi connectivity index (χ1n) is 5.92. The summed E-state index contributed by atoms with van der Waals surface area (Å²) in [5.41, 5.74) is 3.54. The van der Waals surface area contributed by atoms with Crippen molar-refractivity contribution in [3.63, 3.8) is 0 Å². The molecule has 0 aliphatic heterocycles. The second-order valence-corrected chi connectivity index (χ2v) is 4.63. The number of rotatable bonds is 5. The molecule has 1 aromatic rings. The molecule has 0 N–H and O–H groups in total. The van der Waals surface area contributed by atoms with Crippen molar-refractivity contribution in [1.82, 2.24) is 0 Å². The number of hydrogen-bond acceptors (Lipinski definition) is 2. The number of hydrogen-bond donors (Lipinski definition) is 0. The van der Waals surface area contributed by atoms with Gasteiger partial charge in [0.1, 0.15) is 0 Å². The Morgan fingerprint density at radius 1 is 1.41 bits per heavy atom. The lowest BCUT2D eigenvalue weighted by Gasteiger charge is -2.14. The van der Waals surface area contributed by atoms with E-state index in [1.807, 2.05) is 12.1 Å². The zero-order valence-corrected chi connectivity index (χ0v) is 11.4. The van der Waals surface area contributed by atoms with Crippen LogP contribution in [0.3, 0.4) is 0 Å². The third-order valence-corrected chi connectivity index (χ3v) is 3.34. The van der Waals surface area contributed by atoms with Crippen LogP contribution in [0.1, 0.15) is 41.8 Å². The molecule has 0 bridgehead atoms. The Hall–Kier alpha value is -1.02. The molecular weight excluding hydrogens is 236 g/mol. The number of carbonyl (C=O) groups is 1. The number of benzene rings is 1. The minimum atomic E-state index is -0.177. The van der Waals surface area contributed by atoms with Crippen LogP contribution < -0.4 is 0 Å². The van der Waals surface area contributed by atoms with Crippen molar-refractivity contribution in [2.75, 3.05) is 6.61 Å². The molecule has 94 valence electrons. The van der Waals surface area contributed by atoms with Gasteiger partial charge >= 0.3 is 5.97 Å². The first-order valence-corrected chi connectivity index (χ1v) is 6.35. The van der Waals surface area contributed by atoms with Gasteiger partial charge in [0.25, 0.3) is 0 Å². The first-order chi connectivity index (χ1) is 8.06. The van der Waals surface area contributed by atoms with Gasteiger partial charge in [0.05, 0.1) is 12.0 Å². The number of alkyl halides is 1. The van der Waals surface area contributed by atoms with E-state index in [-0.39, 0.29) is 11.3 Å². The zero-order chi connectivity index (χ0) is 12.8. The number of halogens is 1. The summed E-state index contributed by atoms with van der Waals surface area (Å²) < 4.78 is 4.88. The second-order valence-electron chi connectivity index (χ2n) is 4.10. The maximum atomic E-state index is 11.2. The van der Waals surface area contributed by atoms with Crippen LogP contribution >= 0.6 is 11.6 Å². The number of aryl methyl sites for hydroxylation is 1. The molecule has 17 heavy (non-hydrogen) atoms. The van der Waals surface area contributed by atoms with Gasteiger partial charge in [-0.05, 0) is 43.9 Å². The van der Waals surface area contributed by atoms with Gasteiger partial charge in [-0.2, -0.15) is 0 Å². The van der Waals surface area contributed by atoms with Crippen LogP contribution in [-0.2, 0) is 9.53 Å². The van der Waals surface area contributed by atoms with E-state index in [9.17, 15) is 4.79 Å². The monoisotopic (exact) mass is 254 g/mol. The molecule has 1 unspecified atom stereocenters. The third-order valence-electron chi connectivity index (χ3n) is 2.89. The quantitative estimate of drug-likeness (QED) is 0.588. The Balaban J connectivity index is 2.61. The fraction of sp³-hybridized carbons (Fsp3) is 0.500. The van der Waals surface area contributed by atoms with Crippen molar-refractivity contribution < 1.29 is 9.53 Å². The summed E-state index contributed by atoms with van der Waals surface area (Å²) in [6.45, 7) is 6.36. The summed E-state index contributed by atoms with van der Waals surface area (Å²) in [6, 6.07) is 6.08. The van der Waals surface area contributed by atoms with Gasteiger partial charge in [-0.3, -0.25) is 4.79 Å². The normalized spacial score (nSPS) is 12.2. The van der Waals surface area contributed by atoms with Gasteiger partial charge in [0.15, 0.2) is 0 Å². The van der Waals surface area contributed by atoms with E-state index in [0.29, 0.717) is 19.4 Å². The van der Waals surface area contributed by atoms with Crippen molar-refractivity contribution >= 4 is 17.6 Å². The summed E-state index contributed by atoms with van der Waals surface area (Å²) in [5, 5.41) is -0.126. The highest BCUT2D eigenvalue weighted by Gasteiger charge is 2.13. The summed E-state index contributed by atoms with van der Waals surface area (Å²) in [6.07, 6.45) is 0.986. The van der Waals surface area contributed by atoms with Gasteiger partial charge in [-0.25, -0.2) is 0 Å². The average Bonchev–Trinajstić information content (AvgIpc) is 2.30. The molecule has 0 spiro atoms. The lowest BCUT2D eigenvalue weighted by molar-refractivity contribution is -0.143. The highest BCUT2D eigenvalue weighted by Crippen LogP contribution is 2.29. The van der Waals surface area contributed by atoms with Crippen LogP contribution in [0.2, 0.25) is 0 Å². The van der Waals surface area contributed by atoms with E-state index in [0.717, 1.165) is 5.56 Å². The molecule has 0 radical (unpaired) electrons. The molecule has 2 nitrogen and oxygen atoms in total. The molecule has 0 saturated heterocycles. The molecule has 0 aliphatic carbocycles. The number of esters is 1. The Morgan fingerprint density at radius 3 is 2.76 bits per heavy atom. The van der Waals surface area contributed by atoms with Gasteiger partial charge in [0, 0.05) is 6.42 Å². The highest BCUT2D eigenvalue weighted by atomic mass is 35.5. The lowest BCUT2D eigenvalue weighted by Crippen LogP contribution is -2.05. The predicted octanol–water partition coefficient (Wildman–Crippen LogP) is 3.93. The standard InChI is InChI=1S/C14H19ClO2/c1-4-17-14(16)9-8-13(15)12-7-5-6-10(2)11(12)3/h5-7,13H,4,8-9H2,1-3H3. The van der Waals surface area contributed by atoms with Crippen LogP contribution in [0.4, 0.5) is 0 Å². The van der Waals surface area contributed by atoms with Crippen molar-refractivity contribution in [2.45, 2.75) is 39.0 Å². The molecule has 1 atom stereocenters. The van der Waals surface area contributed by atoms with E-state index in [2.05, 4.69) is 19.9 Å². The van der Waals surface area contributed by atoms with E-state index < -0.39 is 0 Å². The number of carbonyl (C=O) groups excluding carboxylic acids is 1. The molecule has 0 aromatic heterocycles. The summed E-state index contributed by atoms with van der Waals surface area (Å²) in [4.78, 5) is 11.2. The number of ether oxygens (including phenoxy) is 1. The Morgan fingerprint density at radius 2 is 2.12 bits per heavy atom. The Labute approximate surface area is 108 Å². The zero-order valence-electron chi connectivity index (χ0n) is 10.6. The van der Waals surface area contributed by atoms with Crippen LogP contribution in [0, 0.1) is 13.8 Å². The van der Waals surface area contributed by atoms with Gasteiger partial charge in [-0.1, -0.05) is 18.2 Å². The van der Waals surface area contributed by atoms with E-state index in [1.54, 1.807) is 6.92 Å². The van der Waals surface area contributed by atoms with Crippen LogP contribution in [-0.4, -0.2) is 12.6 Å². The topological polar surface area (TPSA) is 26.3 Å². The van der Waals surface area contributed by atoms with E-state index in [1.165, 1.54) is 11.1 Å². The van der Waals surface area contributed by atoms with Crippen molar-refractivity contribution in [3.8, 4) is 0 Å². The Bertz CT molecular complexity index is 388. The molecule has 3 heteroatoms. The minimum absolute atomic E-state index is 0.126. The molecule has 1 aromatic carbocycles. The molecular formula is C14H19ClO2. The first kappa shape index (κ1) is 14.0. The van der Waals surface area contributed by atoms with Crippen LogP contribution in [0.25, 0.3) is 0 Å². The van der Waals surface area contributed by atoms with Crippen molar-refractivity contribution in [1.29, 1.82) is 0 Å². The summed E-state index contributed by atoms with van der Waals surface area (Å²) >= 11 is 6.32. The lowest BCUT2D eigenvalue weighted by atomic mass is 9.98. The highest BCUT2D eigenvalue weighted by molar-refractivity contribution is 6.21. The maximum Gasteiger partial charge on any atom is 0.305 e. The maximum absolute atomic E-state index is 11.2. The van der Waals surface area contributed by atoms with E-state index >= 15 is 0 Å². The summed E-state index contributed by atoms with van der Waals surface area (Å²) in [7, 11) is 0. The second kappa shape index (κ2) is 6.65. The fourth-order valence-electron chi connectivity index (χ4n) is 1.75. The van der Waals surface area contributed by atoms with E-state index in [4.69, 9.17) is 16.3 Å². The molecule has 0 amide bonds. The van der Waals surface area contributed by atoms with Gasteiger partial charge in [-0.15, -0.1) is 11.6 Å². The molecule has 0 aliphatic rings. The third kappa shape index (κ3) is 4.04. The fourth-order valence-corrected chi connectivity index (χ4v) is 2.09. The predicted molar refractivity (Wildman–Crippen MR) is 70.4 cm³/mol. The SMILES string of the molecule is CCOC(=O)CCC(Cl)c1cccc(C)c1C. The largest absolute Gasteiger partial charge is 0.466 e. The Kier molecular flexibility index (Phi) is 5.49. The summed E-state index contributed by atoms with van der Waals surface area (Å²) in [5.74, 6) is -0.177. The van der Waals surface area contributed by atoms with Gasteiger partial charge in [0.2, 0.25) is 0 Å². The average molecular weight is 255 g/mol. The minimum Gasteiger partial charge on any atom is -0.466 e. The molecule has 0 heterocycles. The van der Waals surface area contributed by atoms with Crippen molar-refractivity contribution in [3.05, 3.63) is 34.9 Å². The molecule has 0 saturated carbocycles. The van der Waals surface area contributed by atoms with Gasteiger partial charge < -0.3 is 4.74 Å². The van der Waals surface area contributed by atoms with Crippen LogP contribution in [0.5, 0.6) is 0 Å². The van der Waals surface area contributed by atoms with Crippen molar-refractivity contribution in [2.24, 2.45) is 0 Å². The smallest absolute Gasteiger partial charge is 0.305 e.